The van der Waals surface area contributed by atoms with Crippen molar-refractivity contribution >= 4 is 11.6 Å². The normalized spacial score (nSPS) is 12.8. The lowest BCUT2D eigenvalue weighted by atomic mass is 10.2. The van der Waals surface area contributed by atoms with Gasteiger partial charge in [0.15, 0.2) is 5.76 Å². The number of aromatic nitrogens is 1. The lowest BCUT2D eigenvalue weighted by Gasteiger charge is -1.99. The number of hydrogen-bond acceptors (Lipinski definition) is 2. The zero-order chi connectivity index (χ0) is 11.7. The van der Waals surface area contributed by atoms with Gasteiger partial charge in [-0.3, -0.25) is 0 Å². The Bertz CT molecular complexity index is 510. The van der Waals surface area contributed by atoms with Crippen LogP contribution in [-0.4, -0.2) is 4.98 Å². The van der Waals surface area contributed by atoms with Crippen LogP contribution in [0.2, 0.25) is 0 Å². The number of oxazole rings is 1. The summed E-state index contributed by atoms with van der Waals surface area (Å²) in [6.07, 6.45) is 1.37. The van der Waals surface area contributed by atoms with Crippen LogP contribution >= 0.6 is 11.6 Å². The van der Waals surface area contributed by atoms with Gasteiger partial charge in [0.05, 0.1) is 11.8 Å². The molecule has 84 valence electrons. The van der Waals surface area contributed by atoms with Crippen LogP contribution in [0.3, 0.4) is 0 Å². The summed E-state index contributed by atoms with van der Waals surface area (Å²) in [4.78, 5) is 3.90. The highest BCUT2D eigenvalue weighted by Crippen LogP contribution is 2.27. The van der Waals surface area contributed by atoms with E-state index < -0.39 is 17.0 Å². The maximum absolute atomic E-state index is 13.4. The molecule has 0 bridgehead atoms. The van der Waals surface area contributed by atoms with Crippen molar-refractivity contribution in [3.05, 3.63) is 41.9 Å². The van der Waals surface area contributed by atoms with Gasteiger partial charge in [-0.2, -0.15) is 0 Å². The molecule has 2 nitrogen and oxygen atoms in total. The van der Waals surface area contributed by atoms with E-state index in [1.165, 1.54) is 12.3 Å². The number of benzene rings is 1. The number of halogens is 3. The molecule has 5 heteroatoms. The Labute approximate surface area is 95.9 Å². The summed E-state index contributed by atoms with van der Waals surface area (Å²) in [6.45, 7) is 1.69. The van der Waals surface area contributed by atoms with Crippen LogP contribution < -0.4 is 0 Å². The van der Waals surface area contributed by atoms with Crippen molar-refractivity contribution in [1.82, 2.24) is 4.98 Å². The van der Waals surface area contributed by atoms with Crippen LogP contribution in [0.15, 0.2) is 28.8 Å². The van der Waals surface area contributed by atoms with Crippen LogP contribution in [0.4, 0.5) is 8.78 Å². The Morgan fingerprint density at radius 2 is 2.12 bits per heavy atom. The van der Waals surface area contributed by atoms with Gasteiger partial charge in [0, 0.05) is 6.07 Å². The van der Waals surface area contributed by atoms with Crippen LogP contribution in [0.1, 0.15) is 18.2 Å². The van der Waals surface area contributed by atoms with Gasteiger partial charge in [0.2, 0.25) is 5.89 Å². The SMILES string of the molecule is CC(Cl)c1ncc(-c2ccc(F)cc2F)o1. The second-order valence-electron chi connectivity index (χ2n) is 3.30. The fourth-order valence-corrected chi connectivity index (χ4v) is 1.39. The molecule has 1 aromatic carbocycles. The van der Waals surface area contributed by atoms with E-state index in [1.54, 1.807) is 6.92 Å². The third-order valence-corrected chi connectivity index (χ3v) is 2.25. The van der Waals surface area contributed by atoms with E-state index in [0.717, 1.165) is 12.1 Å². The molecule has 0 fully saturated rings. The highest BCUT2D eigenvalue weighted by Gasteiger charge is 2.14. The lowest BCUT2D eigenvalue weighted by molar-refractivity contribution is 0.503. The second-order valence-corrected chi connectivity index (χ2v) is 3.96. The quantitative estimate of drug-likeness (QED) is 0.747. The Kier molecular flexibility index (Phi) is 2.92. The maximum atomic E-state index is 13.4. The average Bonchev–Trinajstić information content (AvgIpc) is 2.66. The second kappa shape index (κ2) is 4.22. The molecule has 2 rings (SSSR count). The third kappa shape index (κ3) is 2.07. The van der Waals surface area contributed by atoms with E-state index in [9.17, 15) is 8.78 Å². The predicted molar refractivity (Wildman–Crippen MR) is 56.1 cm³/mol. The Morgan fingerprint density at radius 3 is 2.69 bits per heavy atom. The minimum Gasteiger partial charge on any atom is -0.439 e. The molecular formula is C11H8ClF2NO. The standard InChI is InChI=1S/C11H8ClF2NO/c1-6(12)11-15-5-10(16-11)8-3-2-7(13)4-9(8)14/h2-6H,1H3. The first-order valence-electron chi connectivity index (χ1n) is 4.63. The lowest BCUT2D eigenvalue weighted by Crippen LogP contribution is -1.84. The van der Waals surface area contributed by atoms with E-state index in [0.29, 0.717) is 5.89 Å². The van der Waals surface area contributed by atoms with Crippen molar-refractivity contribution in [2.24, 2.45) is 0 Å². The van der Waals surface area contributed by atoms with E-state index in [2.05, 4.69) is 4.98 Å². The molecule has 0 saturated heterocycles. The average molecular weight is 244 g/mol. The molecular weight excluding hydrogens is 236 g/mol. The zero-order valence-electron chi connectivity index (χ0n) is 8.38. The van der Waals surface area contributed by atoms with Crippen molar-refractivity contribution in [2.45, 2.75) is 12.3 Å². The van der Waals surface area contributed by atoms with Gasteiger partial charge in [0.1, 0.15) is 17.0 Å². The van der Waals surface area contributed by atoms with E-state index in [1.807, 2.05) is 0 Å². The largest absolute Gasteiger partial charge is 0.439 e. The smallest absolute Gasteiger partial charge is 0.212 e. The third-order valence-electron chi connectivity index (χ3n) is 2.06. The fourth-order valence-electron chi connectivity index (χ4n) is 1.29. The van der Waals surface area contributed by atoms with E-state index >= 15 is 0 Å². The minimum absolute atomic E-state index is 0.164. The Balaban J connectivity index is 2.42. The summed E-state index contributed by atoms with van der Waals surface area (Å²) in [7, 11) is 0. The monoisotopic (exact) mass is 243 g/mol. The van der Waals surface area contributed by atoms with E-state index in [-0.39, 0.29) is 11.3 Å². The molecule has 1 atom stereocenters. The Hall–Kier alpha value is -1.42. The van der Waals surface area contributed by atoms with Gasteiger partial charge < -0.3 is 4.42 Å². The topological polar surface area (TPSA) is 26.0 Å². The van der Waals surface area contributed by atoms with Gasteiger partial charge in [-0.05, 0) is 19.1 Å². The molecule has 0 N–H and O–H groups in total. The number of rotatable bonds is 2. The molecule has 16 heavy (non-hydrogen) atoms. The molecule has 0 radical (unpaired) electrons. The molecule has 1 aromatic heterocycles. The zero-order valence-corrected chi connectivity index (χ0v) is 9.13. The van der Waals surface area contributed by atoms with Crippen molar-refractivity contribution < 1.29 is 13.2 Å². The van der Waals surface area contributed by atoms with Crippen LogP contribution in [0.5, 0.6) is 0 Å². The highest BCUT2D eigenvalue weighted by molar-refractivity contribution is 6.20. The summed E-state index contributed by atoms with van der Waals surface area (Å²) >= 11 is 5.76. The van der Waals surface area contributed by atoms with Gasteiger partial charge in [0.25, 0.3) is 0 Å². The first kappa shape index (κ1) is 11.1. The van der Waals surface area contributed by atoms with Crippen molar-refractivity contribution in [1.29, 1.82) is 0 Å². The summed E-state index contributed by atoms with van der Waals surface area (Å²) < 4.78 is 31.3. The van der Waals surface area contributed by atoms with Gasteiger partial charge in [-0.1, -0.05) is 0 Å². The number of hydrogen-bond donors (Lipinski definition) is 0. The van der Waals surface area contributed by atoms with Crippen LogP contribution in [0, 0.1) is 11.6 Å². The van der Waals surface area contributed by atoms with E-state index in [4.69, 9.17) is 16.0 Å². The number of alkyl halides is 1. The minimum atomic E-state index is -0.690. The first-order valence-corrected chi connectivity index (χ1v) is 5.07. The van der Waals surface area contributed by atoms with Gasteiger partial charge in [-0.15, -0.1) is 11.6 Å². The fraction of sp³-hybridized carbons (Fsp3) is 0.182. The highest BCUT2D eigenvalue weighted by atomic mass is 35.5. The molecule has 0 aliphatic rings. The van der Waals surface area contributed by atoms with Crippen LogP contribution in [0.25, 0.3) is 11.3 Å². The molecule has 2 aromatic rings. The first-order chi connectivity index (χ1) is 7.58. The predicted octanol–water partition coefficient (Wildman–Crippen LogP) is 3.92. The molecule has 0 saturated carbocycles. The summed E-state index contributed by atoms with van der Waals surface area (Å²) in [6, 6.07) is 3.25. The van der Waals surface area contributed by atoms with Crippen molar-refractivity contribution in [3.8, 4) is 11.3 Å². The van der Waals surface area contributed by atoms with Crippen molar-refractivity contribution in [2.75, 3.05) is 0 Å². The van der Waals surface area contributed by atoms with Gasteiger partial charge >= 0.3 is 0 Å². The molecule has 1 heterocycles. The summed E-state index contributed by atoms with van der Waals surface area (Å²) in [5.74, 6) is -0.781. The summed E-state index contributed by atoms with van der Waals surface area (Å²) in [5.41, 5.74) is 0.164. The van der Waals surface area contributed by atoms with Crippen molar-refractivity contribution in [3.63, 3.8) is 0 Å². The molecule has 0 amide bonds. The summed E-state index contributed by atoms with van der Waals surface area (Å²) in [5, 5.41) is -0.391. The molecule has 0 aliphatic carbocycles. The Morgan fingerprint density at radius 1 is 1.38 bits per heavy atom. The molecule has 1 unspecified atom stereocenters. The maximum Gasteiger partial charge on any atom is 0.212 e. The van der Waals surface area contributed by atoms with Gasteiger partial charge in [-0.25, -0.2) is 13.8 Å². The molecule has 0 spiro atoms. The van der Waals surface area contributed by atoms with Crippen LogP contribution in [-0.2, 0) is 0 Å². The number of nitrogens with zero attached hydrogens (tertiary/aromatic N) is 1. The molecule has 0 aliphatic heterocycles.